The van der Waals surface area contributed by atoms with Crippen LogP contribution in [0.15, 0.2) is 30.6 Å². The Bertz CT molecular complexity index is 836. The Labute approximate surface area is 169 Å². The molecule has 0 bridgehead atoms. The van der Waals surface area contributed by atoms with Gasteiger partial charge in [0.25, 0.3) is 5.91 Å². The molecular weight excluding hydrogens is 380 g/mol. The van der Waals surface area contributed by atoms with Crippen molar-refractivity contribution in [2.24, 2.45) is 0 Å². The van der Waals surface area contributed by atoms with Crippen molar-refractivity contribution in [3.8, 4) is 5.88 Å². The van der Waals surface area contributed by atoms with Crippen LogP contribution in [0.2, 0.25) is 5.02 Å². The minimum absolute atomic E-state index is 0.0406. The molecule has 148 valence electrons. The lowest BCUT2D eigenvalue weighted by molar-refractivity contribution is 0.0950. The molecule has 28 heavy (non-hydrogen) atoms. The highest BCUT2D eigenvalue weighted by Gasteiger charge is 2.20. The highest BCUT2D eigenvalue weighted by molar-refractivity contribution is 6.32. The van der Waals surface area contributed by atoms with E-state index in [1.54, 1.807) is 12.3 Å². The SMILES string of the molecule is O=C(NCc1ccnc(N2CCCC2)c1)c1cnc(O[C@H]2CCOC2)c(Cl)c1. The van der Waals surface area contributed by atoms with E-state index in [0.717, 1.165) is 30.9 Å². The van der Waals surface area contributed by atoms with Gasteiger partial charge in [-0.05, 0) is 36.6 Å². The van der Waals surface area contributed by atoms with E-state index in [-0.39, 0.29) is 12.0 Å². The van der Waals surface area contributed by atoms with Crippen LogP contribution in [-0.2, 0) is 11.3 Å². The molecule has 1 amide bonds. The van der Waals surface area contributed by atoms with Crippen molar-refractivity contribution < 1.29 is 14.3 Å². The Morgan fingerprint density at radius 2 is 2.18 bits per heavy atom. The van der Waals surface area contributed by atoms with Crippen LogP contribution in [0.25, 0.3) is 0 Å². The van der Waals surface area contributed by atoms with E-state index in [0.29, 0.717) is 36.2 Å². The summed E-state index contributed by atoms with van der Waals surface area (Å²) in [6.07, 6.45) is 6.43. The fourth-order valence-corrected chi connectivity index (χ4v) is 3.58. The predicted molar refractivity (Wildman–Crippen MR) is 106 cm³/mol. The normalized spacial score (nSPS) is 19.0. The van der Waals surface area contributed by atoms with Gasteiger partial charge in [0.15, 0.2) is 0 Å². The van der Waals surface area contributed by atoms with Gasteiger partial charge in [0.05, 0.1) is 18.8 Å². The molecule has 0 aromatic carbocycles. The Morgan fingerprint density at radius 1 is 1.32 bits per heavy atom. The number of rotatable bonds is 6. The molecule has 1 N–H and O–H groups in total. The molecule has 8 heteroatoms. The molecule has 2 aromatic rings. The van der Waals surface area contributed by atoms with Gasteiger partial charge in [-0.1, -0.05) is 11.6 Å². The Balaban J connectivity index is 1.35. The van der Waals surface area contributed by atoms with Crippen LogP contribution in [0.1, 0.15) is 35.2 Å². The molecule has 4 heterocycles. The van der Waals surface area contributed by atoms with Crippen LogP contribution in [0.4, 0.5) is 5.82 Å². The van der Waals surface area contributed by atoms with Gasteiger partial charge in [0.2, 0.25) is 5.88 Å². The average molecular weight is 403 g/mol. The molecule has 7 nitrogen and oxygen atoms in total. The summed E-state index contributed by atoms with van der Waals surface area (Å²) in [6.45, 7) is 3.70. The summed E-state index contributed by atoms with van der Waals surface area (Å²) in [5.41, 5.74) is 1.40. The van der Waals surface area contributed by atoms with E-state index < -0.39 is 0 Å². The third-order valence-electron chi connectivity index (χ3n) is 4.93. The number of aromatic nitrogens is 2. The topological polar surface area (TPSA) is 76.6 Å². The highest BCUT2D eigenvalue weighted by Crippen LogP contribution is 2.25. The number of ether oxygens (including phenoxy) is 2. The molecule has 0 radical (unpaired) electrons. The zero-order valence-electron chi connectivity index (χ0n) is 15.6. The molecule has 2 aromatic heterocycles. The van der Waals surface area contributed by atoms with Gasteiger partial charge >= 0.3 is 0 Å². The van der Waals surface area contributed by atoms with Crippen LogP contribution in [0.3, 0.4) is 0 Å². The fourth-order valence-electron chi connectivity index (χ4n) is 3.37. The van der Waals surface area contributed by atoms with Crippen molar-refractivity contribution in [1.82, 2.24) is 15.3 Å². The molecule has 4 rings (SSSR count). The first-order valence-electron chi connectivity index (χ1n) is 9.57. The number of nitrogens with zero attached hydrogens (tertiary/aromatic N) is 3. The Kier molecular flexibility index (Phi) is 5.92. The van der Waals surface area contributed by atoms with E-state index >= 15 is 0 Å². The summed E-state index contributed by atoms with van der Waals surface area (Å²) < 4.78 is 11.0. The van der Waals surface area contributed by atoms with Gasteiger partial charge in [-0.25, -0.2) is 9.97 Å². The van der Waals surface area contributed by atoms with E-state index in [9.17, 15) is 4.79 Å². The third-order valence-corrected chi connectivity index (χ3v) is 5.20. The number of halogens is 1. The molecule has 2 fully saturated rings. The van der Waals surface area contributed by atoms with Gasteiger partial charge in [-0.2, -0.15) is 0 Å². The molecule has 2 aliphatic heterocycles. The first-order chi connectivity index (χ1) is 13.7. The van der Waals surface area contributed by atoms with Crippen LogP contribution in [0, 0.1) is 0 Å². The number of amides is 1. The third kappa shape index (κ3) is 4.54. The minimum Gasteiger partial charge on any atom is -0.471 e. The second kappa shape index (κ2) is 8.75. The maximum Gasteiger partial charge on any atom is 0.253 e. The quantitative estimate of drug-likeness (QED) is 0.800. The minimum atomic E-state index is -0.232. The molecule has 0 aliphatic carbocycles. The van der Waals surface area contributed by atoms with Gasteiger partial charge in [0.1, 0.15) is 16.9 Å². The summed E-state index contributed by atoms with van der Waals surface area (Å²) in [6, 6.07) is 5.51. The molecule has 2 saturated heterocycles. The number of carbonyl (C=O) groups is 1. The van der Waals surface area contributed by atoms with E-state index in [2.05, 4.69) is 20.2 Å². The molecule has 0 unspecified atom stereocenters. The maximum absolute atomic E-state index is 12.5. The summed E-state index contributed by atoms with van der Waals surface area (Å²) >= 11 is 6.24. The number of pyridine rings is 2. The van der Waals surface area contributed by atoms with E-state index in [1.165, 1.54) is 19.0 Å². The van der Waals surface area contributed by atoms with Gasteiger partial charge < -0.3 is 19.7 Å². The average Bonchev–Trinajstić information content (AvgIpc) is 3.42. The fraction of sp³-hybridized carbons (Fsp3) is 0.450. The standard InChI is InChI=1S/C20H23ClN4O3/c21-17-10-15(12-24-20(17)28-16-4-8-27-13-16)19(26)23-11-14-3-5-22-18(9-14)25-6-1-2-7-25/h3,5,9-10,12,16H,1-2,4,6-8,11,13H2,(H,23,26)/t16-/m0/s1. The summed E-state index contributed by atoms with van der Waals surface area (Å²) in [5, 5.41) is 3.23. The number of carbonyl (C=O) groups excluding carboxylic acids is 1. The van der Waals surface area contributed by atoms with Crippen molar-refractivity contribution in [2.45, 2.75) is 31.9 Å². The second-order valence-electron chi connectivity index (χ2n) is 7.01. The molecular formula is C20H23ClN4O3. The molecule has 1 atom stereocenters. The monoisotopic (exact) mass is 402 g/mol. The number of hydrogen-bond donors (Lipinski definition) is 1. The first-order valence-corrected chi connectivity index (χ1v) is 9.95. The largest absolute Gasteiger partial charge is 0.471 e. The first kappa shape index (κ1) is 19.0. The van der Waals surface area contributed by atoms with Crippen molar-refractivity contribution in [3.05, 3.63) is 46.7 Å². The summed E-state index contributed by atoms with van der Waals surface area (Å²) in [5.74, 6) is 1.06. The van der Waals surface area contributed by atoms with Crippen molar-refractivity contribution in [2.75, 3.05) is 31.2 Å². The van der Waals surface area contributed by atoms with Crippen LogP contribution >= 0.6 is 11.6 Å². The smallest absolute Gasteiger partial charge is 0.253 e. The summed E-state index contributed by atoms with van der Waals surface area (Å²) in [7, 11) is 0. The van der Waals surface area contributed by atoms with E-state index in [4.69, 9.17) is 21.1 Å². The van der Waals surface area contributed by atoms with Crippen molar-refractivity contribution in [3.63, 3.8) is 0 Å². The zero-order valence-corrected chi connectivity index (χ0v) is 16.3. The van der Waals surface area contributed by atoms with Crippen molar-refractivity contribution in [1.29, 1.82) is 0 Å². The van der Waals surface area contributed by atoms with Crippen LogP contribution < -0.4 is 15.0 Å². The second-order valence-corrected chi connectivity index (χ2v) is 7.42. The van der Waals surface area contributed by atoms with E-state index in [1.807, 2.05) is 12.1 Å². The number of nitrogens with one attached hydrogen (secondary N) is 1. The lowest BCUT2D eigenvalue weighted by atomic mass is 10.2. The molecule has 0 spiro atoms. The van der Waals surface area contributed by atoms with Crippen LogP contribution in [0.5, 0.6) is 5.88 Å². The van der Waals surface area contributed by atoms with Gasteiger partial charge in [-0.3, -0.25) is 4.79 Å². The molecule has 0 saturated carbocycles. The predicted octanol–water partition coefficient (Wildman–Crippen LogP) is 2.83. The highest BCUT2D eigenvalue weighted by atomic mass is 35.5. The van der Waals surface area contributed by atoms with Gasteiger partial charge in [-0.15, -0.1) is 0 Å². The zero-order chi connectivity index (χ0) is 19.3. The Morgan fingerprint density at radius 3 is 2.93 bits per heavy atom. The van der Waals surface area contributed by atoms with Crippen LogP contribution in [-0.4, -0.2) is 48.3 Å². The number of anilines is 1. The summed E-state index contributed by atoms with van der Waals surface area (Å²) in [4.78, 5) is 23.4. The number of hydrogen-bond acceptors (Lipinski definition) is 6. The lowest BCUT2D eigenvalue weighted by Gasteiger charge is -2.17. The maximum atomic E-state index is 12.5. The molecule has 2 aliphatic rings. The van der Waals surface area contributed by atoms with Gasteiger partial charge in [0, 0.05) is 38.4 Å². The van der Waals surface area contributed by atoms with Crippen molar-refractivity contribution >= 4 is 23.3 Å². The Hall–Kier alpha value is -2.38. The lowest BCUT2D eigenvalue weighted by Crippen LogP contribution is -2.24.